The lowest BCUT2D eigenvalue weighted by Crippen LogP contribution is -1.98. The Morgan fingerprint density at radius 3 is 2.80 bits per heavy atom. The van der Waals surface area contributed by atoms with E-state index in [0.717, 1.165) is 34.6 Å². The lowest BCUT2D eigenvalue weighted by Gasteiger charge is -2.06. The van der Waals surface area contributed by atoms with Crippen molar-refractivity contribution in [1.82, 2.24) is 15.4 Å². The molecule has 0 amide bonds. The molecule has 1 aliphatic carbocycles. The Kier molecular flexibility index (Phi) is 2.56. The number of nitrogens with one attached hydrogen (secondary N) is 1. The number of phenolic OH excluding ortho intramolecular Hbond substituents is 1. The maximum Gasteiger partial charge on any atom is 0.165 e. The van der Waals surface area contributed by atoms with Gasteiger partial charge in [0.2, 0.25) is 0 Å². The van der Waals surface area contributed by atoms with E-state index in [9.17, 15) is 5.11 Å². The number of rotatable bonds is 2. The lowest BCUT2D eigenvalue weighted by atomic mass is 10.2. The molecule has 5 nitrogen and oxygen atoms in total. The van der Waals surface area contributed by atoms with Gasteiger partial charge in [0.1, 0.15) is 5.75 Å². The second kappa shape index (κ2) is 4.42. The second-order valence-electron chi connectivity index (χ2n) is 4.85. The summed E-state index contributed by atoms with van der Waals surface area (Å²) in [5.41, 5.74) is 2.25. The van der Waals surface area contributed by atoms with Crippen molar-refractivity contribution in [2.24, 2.45) is 0 Å². The van der Waals surface area contributed by atoms with Gasteiger partial charge in [-0.3, -0.25) is 0 Å². The Hall–Kier alpha value is -2.21. The SMILES string of the molecule is Oc1ccc(Nc2nnnc3sc4c(c23)CCC4)cc1. The topological polar surface area (TPSA) is 70.9 Å². The van der Waals surface area contributed by atoms with Crippen LogP contribution in [0.2, 0.25) is 0 Å². The third kappa shape index (κ3) is 1.80. The van der Waals surface area contributed by atoms with Crippen LogP contribution in [-0.2, 0) is 12.8 Å². The zero-order valence-corrected chi connectivity index (χ0v) is 11.4. The number of fused-ring (bicyclic) bond motifs is 3. The van der Waals surface area contributed by atoms with Gasteiger partial charge in [0, 0.05) is 10.6 Å². The third-order valence-electron chi connectivity index (χ3n) is 3.55. The highest BCUT2D eigenvalue weighted by Crippen LogP contribution is 2.39. The number of hydrogen-bond donors (Lipinski definition) is 2. The van der Waals surface area contributed by atoms with Crippen LogP contribution in [0.25, 0.3) is 10.2 Å². The summed E-state index contributed by atoms with van der Waals surface area (Å²) in [5, 5.41) is 25.8. The predicted molar refractivity (Wildman–Crippen MR) is 78.6 cm³/mol. The van der Waals surface area contributed by atoms with E-state index >= 15 is 0 Å². The van der Waals surface area contributed by atoms with Crippen LogP contribution in [0.1, 0.15) is 16.9 Å². The van der Waals surface area contributed by atoms with Gasteiger partial charge in [-0.2, -0.15) is 0 Å². The largest absolute Gasteiger partial charge is 0.508 e. The summed E-state index contributed by atoms with van der Waals surface area (Å²) in [6.45, 7) is 0. The first-order valence-corrected chi connectivity index (χ1v) is 7.32. The Morgan fingerprint density at radius 2 is 1.95 bits per heavy atom. The fraction of sp³-hybridized carbons (Fsp3) is 0.214. The monoisotopic (exact) mass is 284 g/mol. The van der Waals surface area contributed by atoms with Gasteiger partial charge in [-0.1, -0.05) is 0 Å². The van der Waals surface area contributed by atoms with Crippen molar-refractivity contribution >= 4 is 33.1 Å². The molecule has 100 valence electrons. The molecule has 0 spiro atoms. The standard InChI is InChI=1S/C14H12N4OS/c19-9-6-4-8(5-7-9)15-13-12-10-2-1-3-11(10)20-14(12)17-18-16-13/h4-7,19H,1-3H2,(H,15,16,17). The highest BCUT2D eigenvalue weighted by molar-refractivity contribution is 7.19. The minimum Gasteiger partial charge on any atom is -0.508 e. The maximum absolute atomic E-state index is 9.32. The molecule has 1 aromatic carbocycles. The smallest absolute Gasteiger partial charge is 0.165 e. The molecule has 0 radical (unpaired) electrons. The van der Waals surface area contributed by atoms with E-state index in [2.05, 4.69) is 20.7 Å². The average Bonchev–Trinajstić information content (AvgIpc) is 3.02. The van der Waals surface area contributed by atoms with Crippen molar-refractivity contribution in [1.29, 1.82) is 0 Å². The van der Waals surface area contributed by atoms with Crippen LogP contribution in [0.5, 0.6) is 5.75 Å². The molecule has 1 aliphatic rings. The number of nitrogens with zero attached hydrogens (tertiary/aromatic N) is 3. The molecule has 0 fully saturated rings. The van der Waals surface area contributed by atoms with Gasteiger partial charge < -0.3 is 10.4 Å². The first-order valence-electron chi connectivity index (χ1n) is 6.51. The first kappa shape index (κ1) is 11.6. The Labute approximate surface area is 119 Å². The molecule has 0 saturated carbocycles. The summed E-state index contributed by atoms with van der Waals surface area (Å²) in [6.07, 6.45) is 3.43. The second-order valence-corrected chi connectivity index (χ2v) is 5.93. The molecule has 2 N–H and O–H groups in total. The van der Waals surface area contributed by atoms with E-state index in [0.29, 0.717) is 0 Å². The van der Waals surface area contributed by atoms with E-state index in [-0.39, 0.29) is 5.75 Å². The molecule has 0 bridgehead atoms. The van der Waals surface area contributed by atoms with Crippen molar-refractivity contribution in [3.8, 4) is 5.75 Å². The van der Waals surface area contributed by atoms with Crippen LogP contribution >= 0.6 is 11.3 Å². The fourth-order valence-corrected chi connectivity index (χ4v) is 3.84. The summed E-state index contributed by atoms with van der Waals surface area (Å²) in [6, 6.07) is 6.92. The van der Waals surface area contributed by atoms with E-state index < -0.39 is 0 Å². The average molecular weight is 284 g/mol. The molecule has 6 heteroatoms. The van der Waals surface area contributed by atoms with Crippen LogP contribution in [0.4, 0.5) is 11.5 Å². The van der Waals surface area contributed by atoms with Gasteiger partial charge in [0.25, 0.3) is 0 Å². The first-order chi connectivity index (χ1) is 9.81. The number of aromatic hydroxyl groups is 1. The number of aryl methyl sites for hydroxylation is 2. The highest BCUT2D eigenvalue weighted by atomic mass is 32.1. The lowest BCUT2D eigenvalue weighted by molar-refractivity contribution is 0.475. The number of anilines is 2. The van der Waals surface area contributed by atoms with Gasteiger partial charge in [-0.15, -0.1) is 21.5 Å². The Balaban J connectivity index is 1.81. The fourth-order valence-electron chi connectivity index (χ4n) is 2.63. The summed E-state index contributed by atoms with van der Waals surface area (Å²) in [7, 11) is 0. The number of thiophene rings is 1. The van der Waals surface area contributed by atoms with Gasteiger partial charge >= 0.3 is 0 Å². The normalized spacial score (nSPS) is 13.6. The molecule has 3 aromatic rings. The molecule has 2 aromatic heterocycles. The van der Waals surface area contributed by atoms with Crippen molar-refractivity contribution in [2.45, 2.75) is 19.3 Å². The van der Waals surface area contributed by atoms with E-state index in [4.69, 9.17) is 0 Å². The molecule has 2 heterocycles. The minimum absolute atomic E-state index is 0.248. The zero-order valence-electron chi connectivity index (χ0n) is 10.6. The summed E-state index contributed by atoms with van der Waals surface area (Å²) in [5.74, 6) is 0.998. The number of benzene rings is 1. The molecule has 0 unspecified atom stereocenters. The molecular weight excluding hydrogens is 272 g/mol. The Bertz CT molecular complexity index is 782. The van der Waals surface area contributed by atoms with Crippen LogP contribution in [0.15, 0.2) is 24.3 Å². The van der Waals surface area contributed by atoms with Gasteiger partial charge in [0.05, 0.1) is 5.39 Å². The van der Waals surface area contributed by atoms with E-state index in [1.165, 1.54) is 16.9 Å². The molecule has 0 atom stereocenters. The quantitative estimate of drug-likeness (QED) is 0.708. The van der Waals surface area contributed by atoms with E-state index in [1.807, 2.05) is 12.1 Å². The summed E-state index contributed by atoms with van der Waals surface area (Å²) in [4.78, 5) is 2.36. The molecule has 0 saturated heterocycles. The Morgan fingerprint density at radius 1 is 1.10 bits per heavy atom. The van der Waals surface area contributed by atoms with Crippen LogP contribution in [0.3, 0.4) is 0 Å². The summed E-state index contributed by atoms with van der Waals surface area (Å²) >= 11 is 1.72. The highest BCUT2D eigenvalue weighted by Gasteiger charge is 2.21. The summed E-state index contributed by atoms with van der Waals surface area (Å²) < 4.78 is 0. The molecule has 0 aliphatic heterocycles. The van der Waals surface area contributed by atoms with Gasteiger partial charge in [-0.05, 0) is 54.3 Å². The van der Waals surface area contributed by atoms with Crippen molar-refractivity contribution in [2.75, 3.05) is 5.32 Å². The molecule has 4 rings (SSSR count). The van der Waals surface area contributed by atoms with Crippen molar-refractivity contribution in [3.63, 3.8) is 0 Å². The number of hydrogen-bond acceptors (Lipinski definition) is 6. The molecular formula is C14H12N4OS. The van der Waals surface area contributed by atoms with Crippen LogP contribution in [-0.4, -0.2) is 20.5 Å². The third-order valence-corrected chi connectivity index (χ3v) is 4.73. The predicted octanol–water partition coefficient (Wildman–Crippen LogP) is 3.02. The molecule has 20 heavy (non-hydrogen) atoms. The van der Waals surface area contributed by atoms with Crippen LogP contribution in [0, 0.1) is 0 Å². The van der Waals surface area contributed by atoms with E-state index in [1.54, 1.807) is 23.5 Å². The van der Waals surface area contributed by atoms with Gasteiger partial charge in [0.15, 0.2) is 10.6 Å². The number of aromatic nitrogens is 3. The van der Waals surface area contributed by atoms with Crippen molar-refractivity contribution in [3.05, 3.63) is 34.7 Å². The maximum atomic E-state index is 9.32. The van der Waals surface area contributed by atoms with Gasteiger partial charge in [-0.25, -0.2) is 0 Å². The van der Waals surface area contributed by atoms with Crippen LogP contribution < -0.4 is 5.32 Å². The zero-order chi connectivity index (χ0) is 13.5. The van der Waals surface area contributed by atoms with Crippen molar-refractivity contribution < 1.29 is 5.11 Å². The minimum atomic E-state index is 0.248. The number of phenols is 1.